The molecule has 1 aliphatic rings. The highest BCUT2D eigenvalue weighted by Crippen LogP contribution is 2.42. The number of anilines is 1. The number of methoxy groups -OCH3 is 1. The van der Waals surface area contributed by atoms with Gasteiger partial charge in [0.15, 0.2) is 0 Å². The van der Waals surface area contributed by atoms with Gasteiger partial charge in [0.1, 0.15) is 17.3 Å². The molecule has 1 atom stereocenters. The zero-order valence-electron chi connectivity index (χ0n) is 17.9. The third kappa shape index (κ3) is 3.64. The number of benzene rings is 3. The van der Waals surface area contributed by atoms with Gasteiger partial charge in [-0.25, -0.2) is 4.39 Å². The van der Waals surface area contributed by atoms with Crippen LogP contribution in [0.3, 0.4) is 0 Å². The SMILES string of the molecule is COc1ccc(N2C(=O)C(=O)/C(=C(\O)c3ccc(F)c(C)c3)C2c2cccc(C)c2)cc1. The van der Waals surface area contributed by atoms with E-state index in [4.69, 9.17) is 4.74 Å². The molecule has 32 heavy (non-hydrogen) atoms. The highest BCUT2D eigenvalue weighted by molar-refractivity contribution is 6.51. The van der Waals surface area contributed by atoms with Gasteiger partial charge >= 0.3 is 0 Å². The Labute approximate surface area is 185 Å². The fraction of sp³-hybridized carbons (Fsp3) is 0.154. The number of carbonyl (C=O) groups excluding carboxylic acids is 2. The van der Waals surface area contributed by atoms with Crippen LogP contribution in [0.5, 0.6) is 5.75 Å². The Morgan fingerprint density at radius 2 is 1.72 bits per heavy atom. The number of nitrogens with zero attached hydrogens (tertiary/aromatic N) is 1. The van der Waals surface area contributed by atoms with Crippen molar-refractivity contribution < 1.29 is 23.8 Å². The second-order valence-electron chi connectivity index (χ2n) is 7.75. The summed E-state index contributed by atoms with van der Waals surface area (Å²) in [6, 6.07) is 17.4. The lowest BCUT2D eigenvalue weighted by Crippen LogP contribution is -2.29. The normalized spacial score (nSPS) is 17.6. The second-order valence-corrected chi connectivity index (χ2v) is 7.75. The van der Waals surface area contributed by atoms with Crippen LogP contribution in [0.1, 0.15) is 28.3 Å². The van der Waals surface area contributed by atoms with Gasteiger partial charge in [-0.05, 0) is 67.4 Å². The van der Waals surface area contributed by atoms with Gasteiger partial charge in [0.25, 0.3) is 11.7 Å². The van der Waals surface area contributed by atoms with Crippen molar-refractivity contribution in [3.63, 3.8) is 0 Å². The molecule has 0 aromatic heterocycles. The van der Waals surface area contributed by atoms with E-state index in [9.17, 15) is 19.1 Å². The molecule has 0 aliphatic carbocycles. The van der Waals surface area contributed by atoms with Crippen LogP contribution in [0.15, 0.2) is 72.3 Å². The lowest BCUT2D eigenvalue weighted by atomic mass is 9.94. The Morgan fingerprint density at radius 3 is 2.34 bits per heavy atom. The summed E-state index contributed by atoms with van der Waals surface area (Å²) < 4.78 is 19.0. The van der Waals surface area contributed by atoms with E-state index in [1.807, 2.05) is 31.2 Å². The molecule has 1 unspecified atom stereocenters. The average molecular weight is 431 g/mol. The van der Waals surface area contributed by atoms with Gasteiger partial charge in [0.05, 0.1) is 18.7 Å². The monoisotopic (exact) mass is 431 g/mol. The minimum Gasteiger partial charge on any atom is -0.507 e. The third-order valence-electron chi connectivity index (χ3n) is 5.58. The van der Waals surface area contributed by atoms with E-state index < -0.39 is 23.5 Å². The Kier molecular flexibility index (Phi) is 5.53. The van der Waals surface area contributed by atoms with E-state index in [-0.39, 0.29) is 16.9 Å². The van der Waals surface area contributed by atoms with Gasteiger partial charge in [-0.15, -0.1) is 0 Å². The molecular weight excluding hydrogens is 409 g/mol. The number of aliphatic hydroxyl groups is 1. The van der Waals surface area contributed by atoms with Crippen molar-refractivity contribution in [3.8, 4) is 5.75 Å². The van der Waals surface area contributed by atoms with Crippen molar-refractivity contribution in [2.75, 3.05) is 12.0 Å². The van der Waals surface area contributed by atoms with Gasteiger partial charge in [-0.1, -0.05) is 29.8 Å². The molecule has 1 N–H and O–H groups in total. The standard InChI is InChI=1S/C26H22FNO4/c1-15-5-4-6-17(13-15)23-22(24(29)18-7-12-21(27)16(2)14-18)25(30)26(31)28(23)19-8-10-20(32-3)11-9-19/h4-14,23,29H,1-3H3/b24-22-. The summed E-state index contributed by atoms with van der Waals surface area (Å²) in [4.78, 5) is 27.6. The first-order valence-corrected chi connectivity index (χ1v) is 10.1. The number of Topliss-reactive ketones (excluding diaryl/α,β-unsaturated/α-hetero) is 1. The minimum absolute atomic E-state index is 0.0394. The van der Waals surface area contributed by atoms with Crippen molar-refractivity contribution in [1.82, 2.24) is 0 Å². The molecule has 1 fully saturated rings. The van der Waals surface area contributed by atoms with E-state index >= 15 is 0 Å². The summed E-state index contributed by atoms with van der Waals surface area (Å²) in [6.07, 6.45) is 0. The van der Waals surface area contributed by atoms with Gasteiger partial charge in [0, 0.05) is 11.3 Å². The Morgan fingerprint density at radius 1 is 1.00 bits per heavy atom. The van der Waals surface area contributed by atoms with Crippen molar-refractivity contribution in [3.05, 3.63) is 100 Å². The molecule has 0 bridgehead atoms. The average Bonchev–Trinajstić information content (AvgIpc) is 3.06. The highest BCUT2D eigenvalue weighted by atomic mass is 19.1. The lowest BCUT2D eigenvalue weighted by Gasteiger charge is -2.26. The number of hydrogen-bond donors (Lipinski definition) is 1. The Hall–Kier alpha value is -3.93. The van der Waals surface area contributed by atoms with Crippen LogP contribution < -0.4 is 9.64 Å². The predicted molar refractivity (Wildman–Crippen MR) is 120 cm³/mol. The Balaban J connectivity index is 1.94. The maximum absolute atomic E-state index is 13.8. The highest BCUT2D eigenvalue weighted by Gasteiger charge is 2.47. The molecule has 0 saturated carbocycles. The molecule has 3 aromatic rings. The molecule has 0 spiro atoms. The maximum Gasteiger partial charge on any atom is 0.300 e. The fourth-order valence-electron chi connectivity index (χ4n) is 3.94. The Bertz CT molecular complexity index is 1250. The summed E-state index contributed by atoms with van der Waals surface area (Å²) in [7, 11) is 1.54. The van der Waals surface area contributed by atoms with E-state index in [1.54, 1.807) is 38.3 Å². The number of ketones is 1. The van der Waals surface area contributed by atoms with E-state index in [0.29, 0.717) is 22.6 Å². The van der Waals surface area contributed by atoms with Gasteiger partial charge in [-0.3, -0.25) is 14.5 Å². The van der Waals surface area contributed by atoms with E-state index in [0.717, 1.165) is 5.56 Å². The number of carbonyl (C=O) groups is 2. The van der Waals surface area contributed by atoms with Crippen molar-refractivity contribution in [2.24, 2.45) is 0 Å². The first-order chi connectivity index (χ1) is 15.3. The third-order valence-corrected chi connectivity index (χ3v) is 5.58. The maximum atomic E-state index is 13.8. The molecule has 4 rings (SSSR count). The number of rotatable bonds is 4. The zero-order chi connectivity index (χ0) is 23.0. The van der Waals surface area contributed by atoms with Crippen LogP contribution in [-0.2, 0) is 9.59 Å². The van der Waals surface area contributed by atoms with Crippen LogP contribution >= 0.6 is 0 Å². The quantitative estimate of drug-likeness (QED) is 0.356. The second kappa shape index (κ2) is 8.30. The number of amides is 1. The fourth-order valence-corrected chi connectivity index (χ4v) is 3.94. The smallest absolute Gasteiger partial charge is 0.300 e. The molecule has 6 heteroatoms. The largest absolute Gasteiger partial charge is 0.507 e. The molecule has 1 aliphatic heterocycles. The summed E-state index contributed by atoms with van der Waals surface area (Å²) in [5, 5.41) is 11.1. The molecule has 0 radical (unpaired) electrons. The summed E-state index contributed by atoms with van der Waals surface area (Å²) in [5.41, 5.74) is 2.68. The van der Waals surface area contributed by atoms with Crippen molar-refractivity contribution in [2.45, 2.75) is 19.9 Å². The number of aryl methyl sites for hydroxylation is 2. The molecule has 1 saturated heterocycles. The predicted octanol–water partition coefficient (Wildman–Crippen LogP) is 5.08. The van der Waals surface area contributed by atoms with Crippen molar-refractivity contribution >= 4 is 23.1 Å². The molecule has 162 valence electrons. The lowest BCUT2D eigenvalue weighted by molar-refractivity contribution is -0.132. The number of halogens is 1. The van der Waals surface area contributed by atoms with Gasteiger partial charge in [0.2, 0.25) is 0 Å². The first-order valence-electron chi connectivity index (χ1n) is 10.1. The minimum atomic E-state index is -0.839. The summed E-state index contributed by atoms with van der Waals surface area (Å²) >= 11 is 0. The van der Waals surface area contributed by atoms with Crippen LogP contribution in [-0.4, -0.2) is 23.9 Å². The number of ether oxygens (including phenoxy) is 1. The number of aliphatic hydroxyl groups excluding tert-OH is 1. The molecular formula is C26H22FNO4. The summed E-state index contributed by atoms with van der Waals surface area (Å²) in [5.74, 6) is -1.70. The van der Waals surface area contributed by atoms with Crippen LogP contribution in [0.2, 0.25) is 0 Å². The molecule has 1 heterocycles. The first kappa shape index (κ1) is 21.3. The van der Waals surface area contributed by atoms with Crippen LogP contribution in [0, 0.1) is 19.7 Å². The molecule has 5 nitrogen and oxygen atoms in total. The van der Waals surface area contributed by atoms with Crippen molar-refractivity contribution in [1.29, 1.82) is 0 Å². The van der Waals surface area contributed by atoms with Gasteiger partial charge in [-0.2, -0.15) is 0 Å². The topological polar surface area (TPSA) is 66.8 Å². The molecule has 1 amide bonds. The van der Waals surface area contributed by atoms with Gasteiger partial charge < -0.3 is 9.84 Å². The van der Waals surface area contributed by atoms with Crippen LogP contribution in [0.4, 0.5) is 10.1 Å². The zero-order valence-corrected chi connectivity index (χ0v) is 17.9. The van der Waals surface area contributed by atoms with E-state index in [2.05, 4.69) is 0 Å². The summed E-state index contributed by atoms with van der Waals surface area (Å²) in [6.45, 7) is 3.48. The number of hydrogen-bond acceptors (Lipinski definition) is 4. The van der Waals surface area contributed by atoms with E-state index in [1.165, 1.54) is 23.1 Å². The van der Waals surface area contributed by atoms with Crippen LogP contribution in [0.25, 0.3) is 5.76 Å². The molecule has 3 aromatic carbocycles.